The molecule has 0 rings (SSSR count). The molecule has 0 bridgehead atoms. The number of rotatable bonds is 22. The van der Waals surface area contributed by atoms with Gasteiger partial charge in [0.15, 0.2) is 0 Å². The summed E-state index contributed by atoms with van der Waals surface area (Å²) < 4.78 is 0. The molecule has 164 valence electrons. The molecule has 0 amide bonds. The first kappa shape index (κ1) is 29.2. The van der Waals surface area contributed by atoms with Gasteiger partial charge in [0.05, 0.1) is 6.61 Å². The molecule has 0 atom stereocenters. The summed E-state index contributed by atoms with van der Waals surface area (Å²) in [5.41, 5.74) is 0. The summed E-state index contributed by atoms with van der Waals surface area (Å²) in [5.74, 6) is 0. The van der Waals surface area contributed by atoms with E-state index in [2.05, 4.69) is 24.4 Å². The second kappa shape index (κ2) is 28.2. The Hall–Kier alpha value is -0.0500. The quantitative estimate of drug-likeness (QED) is 0.144. The van der Waals surface area contributed by atoms with Crippen molar-refractivity contribution in [3.63, 3.8) is 0 Å². The predicted octanol–water partition coefficient (Wildman–Crippen LogP) is 7.59. The Kier molecular flexibility index (Phi) is 30.4. The van der Waals surface area contributed by atoms with E-state index in [0.717, 1.165) is 13.1 Å². The number of allylic oxidation sites excluding steroid dienone is 2. The lowest BCUT2D eigenvalue weighted by Crippen LogP contribution is -2.19. The minimum atomic E-state index is 0. The summed E-state index contributed by atoms with van der Waals surface area (Å²) in [7, 11) is 0. The molecule has 2 nitrogen and oxygen atoms in total. The maximum Gasteiger partial charge on any atom is 0.0555 e. The molecule has 3 heteroatoms. The van der Waals surface area contributed by atoms with Crippen LogP contribution in [0.5, 0.6) is 0 Å². The Morgan fingerprint density at radius 3 is 1.41 bits per heavy atom. The fraction of sp³-hybridized carbons (Fsp3) is 0.917. The number of aliphatic hydroxyl groups is 1. The second-order valence-electron chi connectivity index (χ2n) is 7.83. The fourth-order valence-corrected chi connectivity index (χ4v) is 3.41. The van der Waals surface area contributed by atoms with E-state index in [1.165, 1.54) is 116 Å². The van der Waals surface area contributed by atoms with Gasteiger partial charge in [0, 0.05) is 6.54 Å². The number of aliphatic hydroxyl groups excluding tert-OH is 1. The zero-order valence-corrected chi connectivity index (χ0v) is 19.2. The molecule has 0 aromatic heterocycles. The van der Waals surface area contributed by atoms with E-state index < -0.39 is 0 Å². The lowest BCUT2D eigenvalue weighted by molar-refractivity contribution is 0.292. The van der Waals surface area contributed by atoms with Crippen molar-refractivity contribution in [3.8, 4) is 0 Å². The van der Waals surface area contributed by atoms with Crippen molar-refractivity contribution in [1.29, 1.82) is 0 Å². The van der Waals surface area contributed by atoms with Crippen molar-refractivity contribution in [2.75, 3.05) is 19.7 Å². The Bertz CT molecular complexity index is 271. The van der Waals surface area contributed by atoms with Crippen LogP contribution in [0.25, 0.3) is 0 Å². The normalized spacial score (nSPS) is 11.2. The summed E-state index contributed by atoms with van der Waals surface area (Å²) in [6.45, 7) is 4.35. The maximum atomic E-state index is 8.67. The minimum absolute atomic E-state index is 0. The van der Waals surface area contributed by atoms with Gasteiger partial charge in [-0.3, -0.25) is 0 Å². The average Bonchev–Trinajstić information content (AvgIpc) is 2.66. The van der Waals surface area contributed by atoms with Crippen molar-refractivity contribution in [2.45, 2.75) is 122 Å². The van der Waals surface area contributed by atoms with E-state index in [9.17, 15) is 0 Å². The Morgan fingerprint density at radius 2 is 0.963 bits per heavy atom. The summed E-state index contributed by atoms with van der Waals surface area (Å²) in [5, 5.41) is 11.9. The Labute approximate surface area is 177 Å². The van der Waals surface area contributed by atoms with Gasteiger partial charge >= 0.3 is 0 Å². The van der Waals surface area contributed by atoms with Crippen LogP contribution in [0.15, 0.2) is 12.2 Å². The van der Waals surface area contributed by atoms with Crippen molar-refractivity contribution >= 4 is 12.4 Å². The third-order valence-corrected chi connectivity index (χ3v) is 5.15. The molecule has 0 unspecified atom stereocenters. The van der Waals surface area contributed by atoms with Gasteiger partial charge in [0.25, 0.3) is 0 Å². The number of hydrogen-bond acceptors (Lipinski definition) is 2. The highest BCUT2D eigenvalue weighted by Crippen LogP contribution is 2.12. The van der Waals surface area contributed by atoms with Crippen LogP contribution in [-0.4, -0.2) is 24.8 Å². The van der Waals surface area contributed by atoms with Gasteiger partial charge in [-0.05, 0) is 38.6 Å². The zero-order chi connectivity index (χ0) is 19.0. The van der Waals surface area contributed by atoms with Crippen LogP contribution in [0.2, 0.25) is 0 Å². The van der Waals surface area contributed by atoms with Crippen LogP contribution < -0.4 is 5.32 Å². The third-order valence-electron chi connectivity index (χ3n) is 5.15. The first-order valence-corrected chi connectivity index (χ1v) is 11.9. The van der Waals surface area contributed by atoms with Crippen LogP contribution in [0, 0.1) is 0 Å². The van der Waals surface area contributed by atoms with Crippen molar-refractivity contribution < 1.29 is 5.11 Å². The van der Waals surface area contributed by atoms with E-state index in [4.69, 9.17) is 5.11 Å². The lowest BCUT2D eigenvalue weighted by Gasteiger charge is -2.03. The minimum Gasteiger partial charge on any atom is -0.395 e. The summed E-state index contributed by atoms with van der Waals surface area (Å²) in [6, 6.07) is 0. The molecule has 2 N–H and O–H groups in total. The van der Waals surface area contributed by atoms with Gasteiger partial charge in [-0.2, -0.15) is 0 Å². The highest BCUT2D eigenvalue weighted by atomic mass is 35.5. The number of nitrogens with one attached hydrogen (secondary N) is 1. The molecule has 0 aliphatic rings. The van der Waals surface area contributed by atoms with Gasteiger partial charge < -0.3 is 10.4 Å². The van der Waals surface area contributed by atoms with Crippen LogP contribution in [0.1, 0.15) is 122 Å². The zero-order valence-electron chi connectivity index (χ0n) is 18.4. The van der Waals surface area contributed by atoms with Gasteiger partial charge in [0.2, 0.25) is 0 Å². The topological polar surface area (TPSA) is 32.3 Å². The first-order chi connectivity index (χ1) is 12.9. The van der Waals surface area contributed by atoms with E-state index in [0.29, 0.717) is 0 Å². The summed E-state index contributed by atoms with van der Waals surface area (Å²) >= 11 is 0. The molecule has 0 aliphatic carbocycles. The van der Waals surface area contributed by atoms with E-state index >= 15 is 0 Å². The van der Waals surface area contributed by atoms with E-state index in [-0.39, 0.29) is 19.0 Å². The van der Waals surface area contributed by atoms with Gasteiger partial charge in [-0.25, -0.2) is 0 Å². The van der Waals surface area contributed by atoms with Crippen molar-refractivity contribution in [2.24, 2.45) is 0 Å². The van der Waals surface area contributed by atoms with Crippen LogP contribution in [0.3, 0.4) is 0 Å². The van der Waals surface area contributed by atoms with Crippen LogP contribution >= 0.6 is 12.4 Å². The first-order valence-electron chi connectivity index (χ1n) is 11.9. The molecule has 0 fully saturated rings. The molecule has 0 spiro atoms. The van der Waals surface area contributed by atoms with Crippen LogP contribution in [-0.2, 0) is 0 Å². The predicted molar refractivity (Wildman–Crippen MR) is 125 cm³/mol. The average molecular weight is 404 g/mol. The molecule has 0 radical (unpaired) electrons. The van der Waals surface area contributed by atoms with Crippen LogP contribution in [0.4, 0.5) is 0 Å². The molecule has 0 saturated heterocycles. The smallest absolute Gasteiger partial charge is 0.0555 e. The van der Waals surface area contributed by atoms with E-state index in [1.807, 2.05) is 0 Å². The molecule has 0 aliphatic heterocycles. The molecule has 0 aromatic carbocycles. The lowest BCUT2D eigenvalue weighted by atomic mass is 10.1. The highest BCUT2D eigenvalue weighted by Gasteiger charge is 1.93. The second-order valence-corrected chi connectivity index (χ2v) is 7.83. The largest absolute Gasteiger partial charge is 0.395 e. The monoisotopic (exact) mass is 403 g/mol. The van der Waals surface area contributed by atoms with Gasteiger partial charge in [-0.1, -0.05) is 103 Å². The Balaban J connectivity index is 0. The third kappa shape index (κ3) is 28.3. The summed E-state index contributed by atoms with van der Waals surface area (Å²) in [4.78, 5) is 0. The fourth-order valence-electron chi connectivity index (χ4n) is 3.41. The molecule has 27 heavy (non-hydrogen) atoms. The summed E-state index contributed by atoms with van der Waals surface area (Å²) in [6.07, 6.45) is 29.7. The SMILES string of the molecule is CCCCCCCC/C=C\CCCCCCCCCCCCNCCO.Cl. The van der Waals surface area contributed by atoms with E-state index in [1.54, 1.807) is 0 Å². The number of halogens is 1. The number of hydrogen-bond donors (Lipinski definition) is 2. The molecular formula is C24H50ClNO. The van der Waals surface area contributed by atoms with Gasteiger partial charge in [0.1, 0.15) is 0 Å². The molecular weight excluding hydrogens is 354 g/mol. The standard InChI is InChI=1S/C24H49NO.ClH/c1-2-3-4-5-6-7-8-9-10-11-12-13-14-15-16-17-18-19-20-21-22-25-23-24-26;/h9-10,25-26H,2-8,11-24H2,1H3;1H/b10-9-;. The molecule has 0 heterocycles. The number of unbranched alkanes of at least 4 members (excludes halogenated alkanes) is 16. The van der Waals surface area contributed by atoms with Gasteiger partial charge in [-0.15, -0.1) is 12.4 Å². The Morgan fingerprint density at radius 1 is 0.556 bits per heavy atom. The maximum absolute atomic E-state index is 8.67. The van der Waals surface area contributed by atoms with Crippen molar-refractivity contribution in [3.05, 3.63) is 12.2 Å². The molecule has 0 saturated carbocycles. The van der Waals surface area contributed by atoms with Crippen molar-refractivity contribution in [1.82, 2.24) is 5.32 Å². The molecule has 0 aromatic rings. The highest BCUT2D eigenvalue weighted by molar-refractivity contribution is 5.85.